The molecule has 0 fully saturated rings. The molecule has 1 aromatic heterocycles. The molecule has 0 amide bonds. The van der Waals surface area contributed by atoms with Crippen LogP contribution >= 0.6 is 0 Å². The lowest BCUT2D eigenvalue weighted by atomic mass is 9.97. The lowest BCUT2D eigenvalue weighted by molar-refractivity contribution is 0.180. The van der Waals surface area contributed by atoms with Crippen molar-refractivity contribution in [1.29, 1.82) is 0 Å². The molecule has 4 heteroatoms. The van der Waals surface area contributed by atoms with Crippen molar-refractivity contribution in [3.8, 4) is 0 Å². The van der Waals surface area contributed by atoms with Gasteiger partial charge in [-0.3, -0.25) is 4.98 Å². The second-order valence-corrected chi connectivity index (χ2v) is 4.94. The summed E-state index contributed by atoms with van der Waals surface area (Å²) in [5, 5.41) is 12.2. The van der Waals surface area contributed by atoms with Gasteiger partial charge >= 0.3 is 0 Å². The number of hydrogen-bond donors (Lipinski definition) is 1. The zero-order valence-corrected chi connectivity index (χ0v) is 11.1. The van der Waals surface area contributed by atoms with E-state index in [0.717, 1.165) is 22.4 Å². The third kappa shape index (κ3) is 2.90. The number of fused-ring (bicyclic) bond motifs is 1. The average molecular weight is 285 g/mol. The molecule has 0 spiro atoms. The highest BCUT2D eigenvalue weighted by Crippen LogP contribution is 2.26. The van der Waals surface area contributed by atoms with Crippen molar-refractivity contribution in [2.75, 3.05) is 0 Å². The molecule has 0 radical (unpaired) electrons. The van der Waals surface area contributed by atoms with Crippen molar-refractivity contribution in [3.63, 3.8) is 0 Å². The summed E-state index contributed by atoms with van der Waals surface area (Å²) in [4.78, 5) is 4.04. The number of hydrogen-bond acceptors (Lipinski definition) is 2. The Labute approximate surface area is 120 Å². The lowest BCUT2D eigenvalue weighted by Crippen LogP contribution is -2.03. The fraction of sp³-hybridized carbons (Fsp3) is 0.118. The number of aliphatic hydroxyl groups is 1. The Balaban J connectivity index is 1.95. The van der Waals surface area contributed by atoms with E-state index in [4.69, 9.17) is 0 Å². The van der Waals surface area contributed by atoms with Crippen LogP contribution in [0.4, 0.5) is 8.78 Å². The fourth-order valence-corrected chi connectivity index (χ4v) is 2.50. The fourth-order valence-electron chi connectivity index (χ4n) is 2.50. The summed E-state index contributed by atoms with van der Waals surface area (Å²) in [7, 11) is 0. The second-order valence-electron chi connectivity index (χ2n) is 4.94. The maximum Gasteiger partial charge on any atom is 0.126 e. The first-order valence-electron chi connectivity index (χ1n) is 6.59. The predicted molar refractivity (Wildman–Crippen MR) is 76.8 cm³/mol. The summed E-state index contributed by atoms with van der Waals surface area (Å²) in [6, 6.07) is 10.6. The highest BCUT2D eigenvalue weighted by atomic mass is 19.1. The normalized spacial score (nSPS) is 12.5. The van der Waals surface area contributed by atoms with Gasteiger partial charge in [0.05, 0.1) is 6.10 Å². The topological polar surface area (TPSA) is 33.1 Å². The van der Waals surface area contributed by atoms with Gasteiger partial charge in [-0.1, -0.05) is 18.2 Å². The molecule has 2 aromatic carbocycles. The van der Waals surface area contributed by atoms with Gasteiger partial charge in [0.1, 0.15) is 11.6 Å². The molecule has 3 aromatic rings. The van der Waals surface area contributed by atoms with E-state index in [9.17, 15) is 13.9 Å². The van der Waals surface area contributed by atoms with E-state index < -0.39 is 17.7 Å². The Hall–Kier alpha value is -2.33. The molecule has 0 saturated carbocycles. The first-order valence-corrected chi connectivity index (χ1v) is 6.59. The third-order valence-corrected chi connectivity index (χ3v) is 3.42. The van der Waals surface area contributed by atoms with Gasteiger partial charge in [-0.25, -0.2) is 8.78 Å². The molecule has 3 rings (SSSR count). The van der Waals surface area contributed by atoms with Gasteiger partial charge in [-0.15, -0.1) is 0 Å². The smallest absolute Gasteiger partial charge is 0.126 e. The molecule has 1 atom stereocenters. The lowest BCUT2D eigenvalue weighted by Gasteiger charge is -2.14. The molecule has 0 bridgehead atoms. The SMILES string of the molecule is OC(Cc1cc(F)cc(F)c1)c1cccc2cnccc12. The van der Waals surface area contributed by atoms with Crippen LogP contribution in [-0.2, 0) is 6.42 Å². The number of halogens is 2. The number of nitrogens with zero attached hydrogens (tertiary/aromatic N) is 1. The Kier molecular flexibility index (Phi) is 3.62. The van der Waals surface area contributed by atoms with E-state index in [2.05, 4.69) is 4.98 Å². The molecular weight excluding hydrogens is 272 g/mol. The number of aromatic nitrogens is 1. The number of rotatable bonds is 3. The van der Waals surface area contributed by atoms with Crippen molar-refractivity contribution in [2.45, 2.75) is 12.5 Å². The van der Waals surface area contributed by atoms with Crippen LogP contribution in [0.2, 0.25) is 0 Å². The van der Waals surface area contributed by atoms with Gasteiger partial charge in [0.2, 0.25) is 0 Å². The van der Waals surface area contributed by atoms with Crippen molar-refractivity contribution < 1.29 is 13.9 Å². The average Bonchev–Trinajstić information content (AvgIpc) is 2.45. The van der Waals surface area contributed by atoms with Crippen molar-refractivity contribution >= 4 is 10.8 Å². The standard InChI is InChI=1S/C17H13F2NO/c18-13-6-11(7-14(19)9-13)8-17(21)16-3-1-2-12-10-20-5-4-15(12)16/h1-7,9-10,17,21H,8H2. The van der Waals surface area contributed by atoms with E-state index in [1.54, 1.807) is 12.4 Å². The molecule has 1 unspecified atom stereocenters. The maximum atomic E-state index is 13.2. The molecule has 0 saturated heterocycles. The summed E-state index contributed by atoms with van der Waals surface area (Å²) in [5.74, 6) is -1.28. The molecule has 21 heavy (non-hydrogen) atoms. The Morgan fingerprint density at radius 2 is 1.81 bits per heavy atom. The zero-order chi connectivity index (χ0) is 14.8. The molecule has 1 heterocycles. The summed E-state index contributed by atoms with van der Waals surface area (Å²) in [5.41, 5.74) is 1.14. The Morgan fingerprint density at radius 1 is 1.05 bits per heavy atom. The predicted octanol–water partition coefficient (Wildman–Crippen LogP) is 3.79. The molecule has 0 aliphatic rings. The number of benzene rings is 2. The van der Waals surface area contributed by atoms with Crippen molar-refractivity contribution in [2.24, 2.45) is 0 Å². The van der Waals surface area contributed by atoms with Crippen molar-refractivity contribution in [3.05, 3.63) is 77.6 Å². The highest BCUT2D eigenvalue weighted by molar-refractivity contribution is 5.85. The molecule has 0 aliphatic heterocycles. The van der Waals surface area contributed by atoms with Crippen LogP contribution in [0.3, 0.4) is 0 Å². The molecule has 1 N–H and O–H groups in total. The second kappa shape index (κ2) is 5.58. The molecular formula is C17H13F2NO. The van der Waals surface area contributed by atoms with E-state index in [1.807, 2.05) is 24.3 Å². The van der Waals surface area contributed by atoms with E-state index in [0.29, 0.717) is 5.56 Å². The van der Waals surface area contributed by atoms with E-state index in [-0.39, 0.29) is 6.42 Å². The third-order valence-electron chi connectivity index (χ3n) is 3.42. The van der Waals surface area contributed by atoms with Crippen LogP contribution in [0.5, 0.6) is 0 Å². The first kappa shape index (κ1) is 13.6. The Bertz CT molecular complexity index is 763. The summed E-state index contributed by atoms with van der Waals surface area (Å²) in [6.45, 7) is 0. The number of aliphatic hydroxyl groups excluding tert-OH is 1. The van der Waals surface area contributed by atoms with E-state index in [1.165, 1.54) is 12.1 Å². The maximum absolute atomic E-state index is 13.2. The van der Waals surface area contributed by atoms with Gasteiger partial charge in [0, 0.05) is 30.3 Å². The van der Waals surface area contributed by atoms with Crippen LogP contribution in [0, 0.1) is 11.6 Å². The molecule has 2 nitrogen and oxygen atoms in total. The van der Waals surface area contributed by atoms with Crippen LogP contribution in [0.25, 0.3) is 10.8 Å². The van der Waals surface area contributed by atoms with Crippen LogP contribution in [0.1, 0.15) is 17.2 Å². The van der Waals surface area contributed by atoms with Crippen molar-refractivity contribution in [1.82, 2.24) is 4.98 Å². The quantitative estimate of drug-likeness (QED) is 0.794. The first-order chi connectivity index (χ1) is 10.1. The van der Waals surface area contributed by atoms with Crippen LogP contribution < -0.4 is 0 Å². The molecule has 0 aliphatic carbocycles. The van der Waals surface area contributed by atoms with Crippen LogP contribution in [-0.4, -0.2) is 10.1 Å². The van der Waals surface area contributed by atoms with Gasteiger partial charge in [0.15, 0.2) is 0 Å². The Morgan fingerprint density at radius 3 is 2.57 bits per heavy atom. The summed E-state index contributed by atoms with van der Waals surface area (Å²) in [6.07, 6.45) is 2.68. The van der Waals surface area contributed by atoms with Gasteiger partial charge < -0.3 is 5.11 Å². The zero-order valence-electron chi connectivity index (χ0n) is 11.1. The number of pyridine rings is 1. The monoisotopic (exact) mass is 285 g/mol. The minimum atomic E-state index is -0.836. The highest BCUT2D eigenvalue weighted by Gasteiger charge is 2.13. The van der Waals surface area contributed by atoms with E-state index >= 15 is 0 Å². The minimum Gasteiger partial charge on any atom is -0.388 e. The summed E-state index contributed by atoms with van der Waals surface area (Å²) >= 11 is 0. The summed E-state index contributed by atoms with van der Waals surface area (Å²) < 4.78 is 26.4. The van der Waals surface area contributed by atoms with Gasteiger partial charge in [-0.05, 0) is 34.7 Å². The largest absolute Gasteiger partial charge is 0.388 e. The van der Waals surface area contributed by atoms with Gasteiger partial charge in [0.25, 0.3) is 0 Å². The molecule has 106 valence electrons. The van der Waals surface area contributed by atoms with Gasteiger partial charge in [-0.2, -0.15) is 0 Å². The van der Waals surface area contributed by atoms with Crippen LogP contribution in [0.15, 0.2) is 54.9 Å². The minimum absolute atomic E-state index is 0.149.